The van der Waals surface area contributed by atoms with Crippen LogP contribution in [0.5, 0.6) is 0 Å². The van der Waals surface area contributed by atoms with Crippen LogP contribution in [0.15, 0.2) is 106 Å². The van der Waals surface area contributed by atoms with Crippen LogP contribution in [0.25, 0.3) is 66.4 Å². The Labute approximate surface area is 237 Å². The van der Waals surface area contributed by atoms with Gasteiger partial charge >= 0.3 is 7.12 Å². The Balaban J connectivity index is 1.23. The second-order valence-corrected chi connectivity index (χ2v) is 11.9. The first kappa shape index (κ1) is 24.4. The van der Waals surface area contributed by atoms with E-state index >= 15 is 0 Å². The predicted molar refractivity (Wildman–Crippen MR) is 165 cm³/mol. The minimum atomic E-state index is -0.480. The third kappa shape index (κ3) is 3.75. The lowest BCUT2D eigenvalue weighted by atomic mass is 9.76. The molecule has 7 aromatic rings. The molecule has 8 rings (SSSR count). The third-order valence-corrected chi connectivity index (χ3v) is 8.76. The summed E-state index contributed by atoms with van der Waals surface area (Å²) in [7, 11) is -0.480. The highest BCUT2D eigenvalue weighted by Crippen LogP contribution is 2.39. The number of hydrogen-bond acceptors (Lipinski definition) is 5. The topological polar surface area (TPSA) is 57.6 Å². The Morgan fingerprint density at radius 1 is 0.610 bits per heavy atom. The Morgan fingerprint density at radius 3 is 2.22 bits per heavy atom. The molecule has 0 spiro atoms. The summed E-state index contributed by atoms with van der Waals surface area (Å²) in [5.74, 6) is 0.607. The molecular formula is C35H28BNO4. The van der Waals surface area contributed by atoms with Gasteiger partial charge in [0.1, 0.15) is 16.7 Å². The lowest BCUT2D eigenvalue weighted by Crippen LogP contribution is -2.41. The molecule has 41 heavy (non-hydrogen) atoms. The summed E-state index contributed by atoms with van der Waals surface area (Å²) in [5.41, 5.74) is 6.50. The highest BCUT2D eigenvalue weighted by molar-refractivity contribution is 6.66. The fraction of sp³-hybridized carbons (Fsp3) is 0.171. The Morgan fingerprint density at radius 2 is 1.37 bits per heavy atom. The number of furan rings is 1. The maximum absolute atomic E-state index is 6.43. The molecule has 0 bridgehead atoms. The predicted octanol–water partition coefficient (Wildman–Crippen LogP) is 8.51. The molecule has 2 aromatic heterocycles. The first-order chi connectivity index (χ1) is 19.8. The molecule has 0 atom stereocenters. The summed E-state index contributed by atoms with van der Waals surface area (Å²) >= 11 is 0. The molecule has 1 aliphatic heterocycles. The smallest absolute Gasteiger partial charge is 0.456 e. The van der Waals surface area contributed by atoms with Crippen molar-refractivity contribution in [3.05, 3.63) is 97.1 Å². The van der Waals surface area contributed by atoms with Crippen molar-refractivity contribution in [3.63, 3.8) is 0 Å². The van der Waals surface area contributed by atoms with Crippen LogP contribution in [0.2, 0.25) is 0 Å². The summed E-state index contributed by atoms with van der Waals surface area (Å²) in [5, 5.41) is 4.25. The number of fused-ring (bicyclic) bond motifs is 6. The number of hydrogen-bond donors (Lipinski definition) is 0. The molecule has 3 heterocycles. The van der Waals surface area contributed by atoms with E-state index in [1.54, 1.807) is 0 Å². The molecular weight excluding hydrogens is 509 g/mol. The molecule has 0 saturated carbocycles. The van der Waals surface area contributed by atoms with E-state index in [1.807, 2.05) is 48.5 Å². The molecule has 0 amide bonds. The van der Waals surface area contributed by atoms with E-state index in [1.165, 1.54) is 0 Å². The molecule has 1 fully saturated rings. The fourth-order valence-corrected chi connectivity index (χ4v) is 5.81. The molecule has 200 valence electrons. The molecule has 1 aliphatic rings. The standard InChI is InChI=1S/C35H28BNO4/c1-34(2)35(3,4)41-36(40-34)27-13-8-14-30-31(27)26-20-23(16-18-29(26)38-30)22-10-7-11-24(19-22)33-37-28-17-15-21-9-5-6-12-25(21)32(28)39-33/h5-20H,1-4H3. The summed E-state index contributed by atoms with van der Waals surface area (Å²) in [6.07, 6.45) is 0. The zero-order chi connectivity index (χ0) is 27.9. The number of aromatic nitrogens is 1. The maximum Gasteiger partial charge on any atom is 0.495 e. The maximum atomic E-state index is 6.43. The summed E-state index contributed by atoms with van der Waals surface area (Å²) in [4.78, 5) is 4.82. The van der Waals surface area contributed by atoms with E-state index in [2.05, 4.69) is 76.2 Å². The molecule has 0 N–H and O–H groups in total. The van der Waals surface area contributed by atoms with E-state index in [9.17, 15) is 0 Å². The average Bonchev–Trinajstić information content (AvgIpc) is 3.64. The molecule has 6 heteroatoms. The fourth-order valence-electron chi connectivity index (χ4n) is 5.81. The van der Waals surface area contributed by atoms with Gasteiger partial charge in [0.05, 0.1) is 11.2 Å². The SMILES string of the molecule is CC1(C)OB(c2cccc3oc4ccc(-c5cccc(-c6nc7ccc8ccccc8c7o6)c5)cc4c23)OC1(C)C. The molecule has 0 radical (unpaired) electrons. The van der Waals surface area contributed by atoms with Crippen LogP contribution in [0.4, 0.5) is 0 Å². The number of benzene rings is 5. The summed E-state index contributed by atoms with van der Waals surface area (Å²) in [6, 6.07) is 33.1. The van der Waals surface area contributed by atoms with Gasteiger partial charge in [-0.1, -0.05) is 60.7 Å². The van der Waals surface area contributed by atoms with Crippen LogP contribution in [-0.4, -0.2) is 23.3 Å². The van der Waals surface area contributed by atoms with E-state index in [-0.39, 0.29) is 0 Å². The van der Waals surface area contributed by atoms with Crippen LogP contribution in [0.3, 0.4) is 0 Å². The third-order valence-electron chi connectivity index (χ3n) is 8.76. The monoisotopic (exact) mass is 537 g/mol. The molecule has 0 aliphatic carbocycles. The van der Waals surface area contributed by atoms with E-state index in [4.69, 9.17) is 23.1 Å². The van der Waals surface area contributed by atoms with E-state index in [0.717, 1.165) is 66.0 Å². The zero-order valence-electron chi connectivity index (χ0n) is 23.4. The van der Waals surface area contributed by atoms with Gasteiger partial charge in [-0.05, 0) is 86.1 Å². The van der Waals surface area contributed by atoms with Crippen molar-refractivity contribution in [2.75, 3.05) is 0 Å². The van der Waals surface area contributed by atoms with Gasteiger partial charge in [-0.3, -0.25) is 0 Å². The molecule has 0 unspecified atom stereocenters. The Bertz CT molecular complexity index is 2120. The van der Waals surface area contributed by atoms with Gasteiger partial charge in [-0.25, -0.2) is 4.98 Å². The first-order valence-electron chi connectivity index (χ1n) is 14.0. The lowest BCUT2D eigenvalue weighted by molar-refractivity contribution is 0.00578. The minimum Gasteiger partial charge on any atom is -0.456 e. The number of nitrogens with zero attached hydrogens (tertiary/aromatic N) is 1. The second-order valence-electron chi connectivity index (χ2n) is 11.9. The Kier molecular flexibility index (Phi) is 5.10. The second kappa shape index (κ2) is 8.56. The quantitative estimate of drug-likeness (QED) is 0.212. The first-order valence-corrected chi connectivity index (χ1v) is 14.0. The van der Waals surface area contributed by atoms with Gasteiger partial charge in [-0.2, -0.15) is 0 Å². The Hall–Kier alpha value is -4.39. The van der Waals surface area contributed by atoms with Gasteiger partial charge < -0.3 is 18.1 Å². The van der Waals surface area contributed by atoms with Crippen LogP contribution < -0.4 is 5.46 Å². The summed E-state index contributed by atoms with van der Waals surface area (Å²) in [6.45, 7) is 8.30. The van der Waals surface area contributed by atoms with Gasteiger partial charge in [-0.15, -0.1) is 0 Å². The van der Waals surface area contributed by atoms with Gasteiger partial charge in [0, 0.05) is 21.7 Å². The lowest BCUT2D eigenvalue weighted by Gasteiger charge is -2.32. The van der Waals surface area contributed by atoms with Crippen molar-refractivity contribution in [2.24, 2.45) is 0 Å². The van der Waals surface area contributed by atoms with Crippen molar-refractivity contribution >= 4 is 56.4 Å². The van der Waals surface area contributed by atoms with Crippen LogP contribution >= 0.6 is 0 Å². The van der Waals surface area contributed by atoms with Crippen molar-refractivity contribution in [3.8, 4) is 22.6 Å². The van der Waals surface area contributed by atoms with E-state index < -0.39 is 18.3 Å². The molecule has 5 aromatic carbocycles. The molecule has 1 saturated heterocycles. The van der Waals surface area contributed by atoms with Crippen LogP contribution in [-0.2, 0) is 9.31 Å². The normalized spacial score (nSPS) is 16.4. The number of rotatable bonds is 3. The van der Waals surface area contributed by atoms with Crippen LogP contribution in [0.1, 0.15) is 27.7 Å². The average molecular weight is 537 g/mol. The molecule has 5 nitrogen and oxygen atoms in total. The van der Waals surface area contributed by atoms with Gasteiger partial charge in [0.15, 0.2) is 5.58 Å². The minimum absolute atomic E-state index is 0.429. The number of oxazole rings is 1. The van der Waals surface area contributed by atoms with Crippen LogP contribution in [0, 0.1) is 0 Å². The van der Waals surface area contributed by atoms with Crippen molar-refractivity contribution in [2.45, 2.75) is 38.9 Å². The van der Waals surface area contributed by atoms with E-state index in [0.29, 0.717) is 5.89 Å². The largest absolute Gasteiger partial charge is 0.495 e. The highest BCUT2D eigenvalue weighted by atomic mass is 16.7. The van der Waals surface area contributed by atoms with Gasteiger partial charge in [0.2, 0.25) is 5.89 Å². The zero-order valence-corrected chi connectivity index (χ0v) is 23.4. The van der Waals surface area contributed by atoms with Crippen molar-refractivity contribution < 1.29 is 18.1 Å². The van der Waals surface area contributed by atoms with Gasteiger partial charge in [0.25, 0.3) is 0 Å². The highest BCUT2D eigenvalue weighted by Gasteiger charge is 2.52. The van der Waals surface area contributed by atoms with Crippen molar-refractivity contribution in [1.29, 1.82) is 0 Å². The summed E-state index contributed by atoms with van der Waals surface area (Å²) < 4.78 is 25.5. The van der Waals surface area contributed by atoms with Crippen molar-refractivity contribution in [1.82, 2.24) is 4.98 Å².